The second-order valence-electron chi connectivity index (χ2n) is 9.38. The number of nitrogens with zero attached hydrogens (tertiary/aromatic N) is 1. The van der Waals surface area contributed by atoms with E-state index in [0.717, 1.165) is 35.3 Å². The molecule has 36 heavy (non-hydrogen) atoms. The van der Waals surface area contributed by atoms with Crippen LogP contribution in [-0.2, 0) is 23.0 Å². The van der Waals surface area contributed by atoms with E-state index >= 15 is 0 Å². The number of para-hydroxylation sites is 1. The maximum Gasteiger partial charge on any atom is 0.251 e. The van der Waals surface area contributed by atoms with Crippen LogP contribution in [0.4, 0.5) is 5.69 Å². The predicted octanol–water partition coefficient (Wildman–Crippen LogP) is 5.42. The number of anilines is 1. The number of carbonyl (C=O) groups is 1. The molecule has 3 aromatic carbocycles. The van der Waals surface area contributed by atoms with E-state index in [4.69, 9.17) is 4.74 Å². The van der Waals surface area contributed by atoms with Crippen LogP contribution in [0.1, 0.15) is 52.9 Å². The maximum atomic E-state index is 12.6. The first-order valence-electron chi connectivity index (χ1n) is 12.2. The molecule has 3 rings (SSSR count). The summed E-state index contributed by atoms with van der Waals surface area (Å²) < 4.78 is 32.2. The average molecular weight is 509 g/mol. The predicted molar refractivity (Wildman–Crippen MR) is 146 cm³/mol. The van der Waals surface area contributed by atoms with Gasteiger partial charge in [0, 0.05) is 12.1 Å². The van der Waals surface area contributed by atoms with Crippen molar-refractivity contribution in [1.29, 1.82) is 0 Å². The first-order valence-corrected chi connectivity index (χ1v) is 14.1. The molecule has 0 fully saturated rings. The zero-order chi connectivity index (χ0) is 26.3. The lowest BCUT2D eigenvalue weighted by Crippen LogP contribution is -2.30. The molecule has 0 saturated carbocycles. The number of rotatable bonds is 11. The second-order valence-corrected chi connectivity index (χ2v) is 11.3. The molecule has 0 atom stereocenters. The quantitative estimate of drug-likeness (QED) is 0.351. The molecular formula is C29H36N2O4S. The number of ether oxygens (including phenoxy) is 1. The zero-order valence-corrected chi connectivity index (χ0v) is 22.6. The summed E-state index contributed by atoms with van der Waals surface area (Å²) in [6.07, 6.45) is 3.05. The lowest BCUT2D eigenvalue weighted by Gasteiger charge is -2.26. The maximum absolute atomic E-state index is 12.6. The third-order valence-electron chi connectivity index (χ3n) is 5.85. The number of benzene rings is 3. The van der Waals surface area contributed by atoms with Gasteiger partial charge in [-0.05, 0) is 87.1 Å². The van der Waals surface area contributed by atoms with E-state index in [1.807, 2.05) is 70.2 Å². The van der Waals surface area contributed by atoms with Gasteiger partial charge in [0.2, 0.25) is 10.0 Å². The fourth-order valence-electron chi connectivity index (χ4n) is 4.09. The molecule has 0 saturated heterocycles. The van der Waals surface area contributed by atoms with Crippen molar-refractivity contribution < 1.29 is 17.9 Å². The van der Waals surface area contributed by atoms with Crippen LogP contribution < -0.4 is 14.4 Å². The van der Waals surface area contributed by atoms with Gasteiger partial charge in [-0.25, -0.2) is 8.42 Å². The van der Waals surface area contributed by atoms with E-state index in [9.17, 15) is 13.2 Å². The molecule has 0 aliphatic rings. The van der Waals surface area contributed by atoms with E-state index in [0.29, 0.717) is 17.8 Å². The Labute approximate surface area is 215 Å². The number of aryl methyl sites for hydroxylation is 3. The van der Waals surface area contributed by atoms with Crippen LogP contribution in [-0.4, -0.2) is 33.2 Å². The molecule has 3 aromatic rings. The molecule has 0 heterocycles. The van der Waals surface area contributed by atoms with Gasteiger partial charge in [0.25, 0.3) is 5.91 Å². The summed E-state index contributed by atoms with van der Waals surface area (Å²) in [5.74, 6) is 0.719. The van der Waals surface area contributed by atoms with Gasteiger partial charge >= 0.3 is 0 Å². The molecule has 1 N–H and O–H groups in total. The number of sulfonamides is 1. The van der Waals surface area contributed by atoms with Gasteiger partial charge in [-0.3, -0.25) is 9.10 Å². The topological polar surface area (TPSA) is 75.7 Å². The Bertz CT molecular complexity index is 1250. The Balaban J connectivity index is 1.55. The van der Waals surface area contributed by atoms with Gasteiger partial charge in [-0.15, -0.1) is 0 Å². The molecule has 0 aromatic heterocycles. The van der Waals surface area contributed by atoms with Gasteiger partial charge in [0.05, 0.1) is 24.6 Å². The summed E-state index contributed by atoms with van der Waals surface area (Å²) in [6, 6.07) is 20.9. The highest BCUT2D eigenvalue weighted by molar-refractivity contribution is 7.92. The van der Waals surface area contributed by atoms with E-state index in [2.05, 4.69) is 17.4 Å². The van der Waals surface area contributed by atoms with Crippen LogP contribution in [0.3, 0.4) is 0 Å². The highest BCUT2D eigenvalue weighted by Gasteiger charge is 2.21. The first-order chi connectivity index (χ1) is 17.0. The average Bonchev–Trinajstić information content (AvgIpc) is 2.81. The van der Waals surface area contributed by atoms with Crippen LogP contribution >= 0.6 is 0 Å². The molecule has 0 bridgehead atoms. The molecule has 0 aliphatic heterocycles. The van der Waals surface area contributed by atoms with E-state index in [1.165, 1.54) is 16.1 Å². The van der Waals surface area contributed by atoms with Gasteiger partial charge < -0.3 is 10.1 Å². The third kappa shape index (κ3) is 7.59. The molecule has 7 heteroatoms. The van der Waals surface area contributed by atoms with Crippen LogP contribution in [0.2, 0.25) is 0 Å². The first kappa shape index (κ1) is 27.3. The summed E-state index contributed by atoms with van der Waals surface area (Å²) in [5.41, 5.74) is 5.05. The Morgan fingerprint density at radius 3 is 2.06 bits per heavy atom. The summed E-state index contributed by atoms with van der Waals surface area (Å²) in [7, 11) is -3.49. The van der Waals surface area contributed by atoms with E-state index < -0.39 is 10.0 Å². The summed E-state index contributed by atoms with van der Waals surface area (Å²) in [4.78, 5) is 12.6. The fraction of sp³-hybridized carbons (Fsp3) is 0.345. The third-order valence-corrected chi connectivity index (χ3v) is 6.97. The van der Waals surface area contributed by atoms with Gasteiger partial charge in [-0.1, -0.05) is 42.5 Å². The number of hydrogen-bond acceptors (Lipinski definition) is 4. The van der Waals surface area contributed by atoms with Gasteiger partial charge in [-0.2, -0.15) is 0 Å². The van der Waals surface area contributed by atoms with Crippen LogP contribution in [0.25, 0.3) is 0 Å². The van der Waals surface area contributed by atoms with Crippen molar-refractivity contribution in [2.45, 2.75) is 53.2 Å². The monoisotopic (exact) mass is 508 g/mol. The highest BCUT2D eigenvalue weighted by atomic mass is 32.2. The lowest BCUT2D eigenvalue weighted by atomic mass is 10.1. The van der Waals surface area contributed by atoms with Gasteiger partial charge in [0.15, 0.2) is 0 Å². The molecule has 192 valence electrons. The van der Waals surface area contributed by atoms with E-state index in [1.54, 1.807) is 12.1 Å². The Kier molecular flexibility index (Phi) is 9.15. The number of amides is 1. The Hall–Kier alpha value is -3.32. The molecule has 1 amide bonds. The van der Waals surface area contributed by atoms with Crippen molar-refractivity contribution >= 4 is 21.6 Å². The smallest absolute Gasteiger partial charge is 0.251 e. The highest BCUT2D eigenvalue weighted by Crippen LogP contribution is 2.28. The van der Waals surface area contributed by atoms with Crippen molar-refractivity contribution in [3.63, 3.8) is 0 Å². The molecule has 0 spiro atoms. The minimum atomic E-state index is -3.49. The van der Waals surface area contributed by atoms with Crippen molar-refractivity contribution in [2.75, 3.05) is 17.1 Å². The van der Waals surface area contributed by atoms with Crippen LogP contribution in [0, 0.1) is 13.8 Å². The zero-order valence-electron chi connectivity index (χ0n) is 21.7. The molecular weight excluding hydrogens is 472 g/mol. The number of carbonyl (C=O) groups excluding carboxylic acids is 1. The van der Waals surface area contributed by atoms with Crippen LogP contribution in [0.5, 0.6) is 5.75 Å². The van der Waals surface area contributed by atoms with Crippen molar-refractivity contribution in [3.05, 3.63) is 94.5 Å². The normalized spacial score (nSPS) is 11.4. The van der Waals surface area contributed by atoms with Crippen molar-refractivity contribution in [1.82, 2.24) is 5.32 Å². The number of hydrogen-bond donors (Lipinski definition) is 1. The van der Waals surface area contributed by atoms with E-state index in [-0.39, 0.29) is 18.6 Å². The van der Waals surface area contributed by atoms with Gasteiger partial charge in [0.1, 0.15) is 5.75 Å². The Morgan fingerprint density at radius 1 is 0.917 bits per heavy atom. The summed E-state index contributed by atoms with van der Waals surface area (Å²) in [5, 5.41) is 2.96. The largest absolute Gasteiger partial charge is 0.491 e. The standard InChI is InChI=1S/C29H36N2O4S/c1-21(2)35-27-17-13-24(14-18-27)10-7-19-30-29(32)26-15-11-25(12-16-26)20-31(36(5,33)34)28-22(3)8-6-9-23(28)4/h6,8-9,11-18,21H,7,10,19-20H2,1-5H3,(H,30,32). The SMILES string of the molecule is Cc1cccc(C)c1N(Cc1ccc(C(=O)NCCCc2ccc(OC(C)C)cc2)cc1)S(C)(=O)=O. The lowest BCUT2D eigenvalue weighted by molar-refractivity contribution is 0.0953. The van der Waals surface area contributed by atoms with Crippen molar-refractivity contribution in [2.24, 2.45) is 0 Å². The van der Waals surface area contributed by atoms with Crippen molar-refractivity contribution in [3.8, 4) is 5.75 Å². The molecule has 6 nitrogen and oxygen atoms in total. The second kappa shape index (κ2) is 12.1. The number of nitrogens with one attached hydrogen (secondary N) is 1. The molecule has 0 radical (unpaired) electrons. The Morgan fingerprint density at radius 2 is 1.50 bits per heavy atom. The molecule has 0 unspecified atom stereocenters. The summed E-state index contributed by atoms with van der Waals surface area (Å²) in [6.45, 7) is 8.59. The minimum Gasteiger partial charge on any atom is -0.491 e. The minimum absolute atomic E-state index is 0.142. The summed E-state index contributed by atoms with van der Waals surface area (Å²) >= 11 is 0. The van der Waals surface area contributed by atoms with Crippen LogP contribution in [0.15, 0.2) is 66.7 Å². The fourth-order valence-corrected chi connectivity index (χ4v) is 5.10. The molecule has 0 aliphatic carbocycles.